The molecule has 0 radical (unpaired) electrons. The third-order valence-electron chi connectivity index (χ3n) is 13.8. The van der Waals surface area contributed by atoms with Crippen LogP contribution in [-0.4, -0.2) is 164 Å². The number of esters is 3. The number of benzene rings is 8. The Kier molecular flexibility index (Phi) is 69.2. The number of aliphatic hydroxyl groups is 1. The Hall–Kier alpha value is -13.0. The summed E-state index contributed by atoms with van der Waals surface area (Å²) in [6, 6.07) is 40.6. The zero-order valence-electron chi connectivity index (χ0n) is 67.3. The first kappa shape index (κ1) is 130. The fourth-order valence-corrected chi connectivity index (χ4v) is 10.9. The number of non-ortho nitro benzene ring substituents is 5. The predicted octanol–water partition coefficient (Wildman–Crippen LogP) is 12.2. The van der Waals surface area contributed by atoms with E-state index in [2.05, 4.69) is 38.6 Å². The van der Waals surface area contributed by atoms with Crippen LogP contribution in [0.5, 0.6) is 0 Å². The normalized spacial score (nSPS) is 9.70. The molecule has 130 heavy (non-hydrogen) atoms. The van der Waals surface area contributed by atoms with E-state index >= 15 is 0 Å². The van der Waals surface area contributed by atoms with Crippen LogP contribution in [0.3, 0.4) is 0 Å². The minimum Gasteiger partial charge on any atom is -0.870 e. The maximum Gasteiger partial charge on any atom is 1.00 e. The number of amides is 4. The number of nitrogen functional groups attached to an aromatic ring is 1. The minimum absolute atomic E-state index is 0. The number of aliphatic carboxylic acids is 2. The van der Waals surface area contributed by atoms with Crippen molar-refractivity contribution in [2.24, 2.45) is 11.5 Å². The summed E-state index contributed by atoms with van der Waals surface area (Å²) in [5.41, 5.74) is 13.3. The molecular weight excluding hydrogens is 1880 g/mol. The number of hydrogen-bond acceptors (Lipinski definition) is 31. The van der Waals surface area contributed by atoms with Gasteiger partial charge in [-0.3, -0.25) is 94.0 Å². The number of rotatable bonds is 19. The van der Waals surface area contributed by atoms with Gasteiger partial charge in [-0.2, -0.15) is 9.59 Å². The predicted molar refractivity (Wildman–Crippen MR) is 472 cm³/mol. The Morgan fingerprint density at radius 2 is 0.954 bits per heavy atom. The van der Waals surface area contributed by atoms with Gasteiger partial charge in [-0.1, -0.05) is 113 Å². The van der Waals surface area contributed by atoms with Gasteiger partial charge in [-0.15, -0.1) is 0 Å². The Bertz CT molecular complexity index is 5380. The molecule has 0 unspecified atom stereocenters. The molecule has 4 amide bonds. The number of hydrogen-bond donors (Lipinski definition) is 10. The molecule has 0 bridgehead atoms. The van der Waals surface area contributed by atoms with Crippen molar-refractivity contribution in [3.63, 3.8) is 0 Å². The van der Waals surface area contributed by atoms with Crippen LogP contribution in [0.4, 0.5) is 38.9 Å². The van der Waals surface area contributed by atoms with Crippen molar-refractivity contribution < 1.29 is 193 Å². The summed E-state index contributed by atoms with van der Waals surface area (Å²) >= 11 is 27.8. The largest absolute Gasteiger partial charge is 1.00 e. The van der Waals surface area contributed by atoms with E-state index in [4.69, 9.17) is 117 Å². The van der Waals surface area contributed by atoms with E-state index in [0.717, 1.165) is 73.6 Å². The fraction of sp³-hybridized carbons (Fsp3) is 0.228. The van der Waals surface area contributed by atoms with Crippen molar-refractivity contribution in [2.75, 3.05) is 32.2 Å². The second kappa shape index (κ2) is 69.1. The molecular formula is C79H89Cl5KN10O34P. The Morgan fingerprint density at radius 3 is 1.37 bits per heavy atom. The Balaban J connectivity index is -0.000000262. The third-order valence-corrected chi connectivity index (χ3v) is 16.6. The van der Waals surface area contributed by atoms with Crippen LogP contribution in [0.25, 0.3) is 21.5 Å². The van der Waals surface area contributed by atoms with E-state index < -0.39 is 114 Å². The van der Waals surface area contributed by atoms with Crippen molar-refractivity contribution in [2.45, 2.75) is 95.4 Å². The van der Waals surface area contributed by atoms with Crippen molar-refractivity contribution in [1.29, 1.82) is 0 Å². The molecule has 1 aliphatic rings. The summed E-state index contributed by atoms with van der Waals surface area (Å²) in [5, 5.41) is 109. The number of fused-ring (bicyclic) bond motifs is 3. The monoisotopic (exact) mass is 1970 g/mol. The van der Waals surface area contributed by atoms with Gasteiger partial charge in [0.1, 0.15) is 10.3 Å². The number of nitrogens with two attached hydrogens (primary N) is 3. The topological polar surface area (TPSA) is 737 Å². The van der Waals surface area contributed by atoms with Crippen LogP contribution < -0.4 is 79.2 Å². The maximum absolute atomic E-state index is 12.0. The number of nitrogens with one attached hydrogen (secondary N) is 1. The minimum atomic E-state index is -3.07. The number of nitro groups is 5. The number of ether oxygens (including phenoxy) is 3. The molecule has 9 aromatic rings. The number of urea groups is 1. The molecule has 14 N–H and O–H groups in total. The van der Waals surface area contributed by atoms with Gasteiger partial charge in [0.2, 0.25) is 5.91 Å². The van der Waals surface area contributed by atoms with E-state index in [9.17, 15) is 103 Å². The zero-order chi connectivity index (χ0) is 96.1. The molecule has 0 spiro atoms. The first-order valence-electron chi connectivity index (χ1n) is 34.5. The molecule has 1 aromatic heterocycles. The number of carbonyl (C=O) groups is 11. The average Bonchev–Trinajstić information content (AvgIpc) is 0.799. The van der Waals surface area contributed by atoms with Gasteiger partial charge in [0.15, 0.2) is 5.92 Å². The van der Waals surface area contributed by atoms with Crippen LogP contribution in [0, 0.1) is 50.6 Å². The molecule has 0 saturated carbocycles. The van der Waals surface area contributed by atoms with Gasteiger partial charge in [0, 0.05) is 103 Å². The Morgan fingerprint density at radius 1 is 0.554 bits per heavy atom. The number of imide groups is 1. The smallest absolute Gasteiger partial charge is 0.870 e. The molecule has 0 atom stereocenters. The van der Waals surface area contributed by atoms with E-state index in [0.29, 0.717) is 40.2 Å². The number of nitrogens with zero attached hydrogens (tertiary/aromatic N) is 6. The zero-order valence-corrected chi connectivity index (χ0v) is 75.1. The average molecular weight is 1970 g/mol. The molecule has 0 fully saturated rings. The summed E-state index contributed by atoms with van der Waals surface area (Å²) in [6.07, 6.45) is 1.11. The van der Waals surface area contributed by atoms with Gasteiger partial charge in [0.05, 0.1) is 79.0 Å². The van der Waals surface area contributed by atoms with Crippen molar-refractivity contribution in [3.8, 4) is 0 Å². The second-order valence-electron chi connectivity index (χ2n) is 22.8. The number of nitro benzene ring substituents is 5. The molecule has 1 aliphatic heterocycles. The number of primary amides is 2. The molecule has 44 nitrogen and oxygen atoms in total. The quantitative estimate of drug-likeness (QED) is 0.00343. The van der Waals surface area contributed by atoms with Crippen LogP contribution in [0.2, 0.25) is 15.3 Å². The van der Waals surface area contributed by atoms with Crippen LogP contribution >= 0.6 is 63.1 Å². The number of halogens is 5. The first-order valence-corrected chi connectivity index (χ1v) is 39.2. The third kappa shape index (κ3) is 51.7. The SMILES string of the molecule is C.C.C.CC(=O)O.CCCC(=O)OCC.CCO.CCOC(=O)C(C(=O)OCC)c1cc([N+](=O)[O-])ccc1C(=O)O.NC(N)=O.Nc1ccc2ccccc2c1.O=C(O)Cc1cc([N+](=O)[O-])ccc1C(=O)O.O=C(O)c1ccc([N+](=O)[O-])cc1Cl.O=C1Cc2cc([N+](=O)[O-])ccc2C(=O)N1.O=C=O.O=P(Cl)(Cl)c1ccccc1.O=[N+]([O-])c1ccc2c(Cl)nc(Cl)cc2c1.[K+].[OH-]. The number of aliphatic hydroxyl groups excluding tert-OH is 1. The van der Waals surface area contributed by atoms with Crippen LogP contribution in [0.15, 0.2) is 170 Å². The second-order valence-corrected chi connectivity index (χ2v) is 28.8. The summed E-state index contributed by atoms with van der Waals surface area (Å²) in [7, 11) is 0. The van der Waals surface area contributed by atoms with E-state index in [1.165, 1.54) is 61.0 Å². The summed E-state index contributed by atoms with van der Waals surface area (Å²) < 4.78 is 25.1. The molecule has 10 rings (SSSR count). The maximum atomic E-state index is 12.0. The van der Waals surface area contributed by atoms with Gasteiger partial charge in [0.25, 0.3) is 46.2 Å². The van der Waals surface area contributed by atoms with E-state index in [1.54, 1.807) is 37.3 Å². The summed E-state index contributed by atoms with van der Waals surface area (Å²) in [4.78, 5) is 187. The van der Waals surface area contributed by atoms with Gasteiger partial charge < -0.3 is 67.5 Å². The van der Waals surface area contributed by atoms with Gasteiger partial charge in [-0.25, -0.2) is 24.2 Å². The standard InChI is InChI=1S/C14H15NO8.C10H9N.C9H4Cl2N2O2.C9H6N2O4.C9H7NO6.C7H4ClNO4.C6H5Cl2OP.C6H12O2.C2H4O2.C2H6O.CH4N2O.CO2.3CH4.K.H2O/c1-3-22-13(18)11(14(19)23-4-2)10-7-8(15(20)21)5-6-9(10)12(16)17;11-10-6-5-8-3-1-2-4-9(8)7-10;10-8-4-5-3-6(13(14)15)1-2-7(5)9(11)12-8;12-8-4-5-3-6(11(14)15)1-2-7(5)9(13)10-8;11-8(12)4-5-3-6(10(15)16)1-2-7(5)9(13)14;8-6-3-4(9(12)13)1-2-5(6)7(10)11;7-10(8,9)6-4-2-1-3-5-6;1-3-5-6(7)8-4-2;1-2(3)4;1-2-3;2-1(3)4;2-1-3;;;;;/h5-7,11H,3-4H2,1-2H3,(H,16,17);1-7H,11H2;1-4H;1-3H,4H2,(H,10,12,13);1-3H,4H2,(H,11,12)(H,13,14);1-3H,(H,10,11);1-5H;3-5H2,1-2H3;1H3,(H,3,4);3H,2H2,1H3;(H4,2,3,4);;3*1H4;;1H2/q;;;;;;;;;;;;;;;+1;/p-1. The number of aromatic nitrogens is 1. The number of anilines is 1. The van der Waals surface area contributed by atoms with Crippen molar-refractivity contribution in [3.05, 3.63) is 275 Å². The van der Waals surface area contributed by atoms with Gasteiger partial charge >= 0.3 is 105 Å². The number of carbonyl (C=O) groups excluding carboxylic acids is 8. The van der Waals surface area contributed by atoms with Crippen molar-refractivity contribution >= 4 is 196 Å². The van der Waals surface area contributed by atoms with Crippen LogP contribution in [-0.2, 0) is 70.0 Å². The molecule has 0 aliphatic carbocycles. The van der Waals surface area contributed by atoms with Crippen molar-refractivity contribution in [1.82, 2.24) is 10.3 Å². The summed E-state index contributed by atoms with van der Waals surface area (Å²) in [5.74, 6) is -13.9. The Labute approximate surface area is 806 Å². The number of aromatic carboxylic acids is 3. The number of carboxylic acids is 5. The van der Waals surface area contributed by atoms with E-state index in [1.807, 2.05) is 50.2 Å². The molecule has 2 heterocycles. The molecule has 8 aromatic carbocycles. The number of pyridine rings is 1. The molecule has 700 valence electrons. The van der Waals surface area contributed by atoms with E-state index in [-0.39, 0.29) is 178 Å². The number of carboxylic acid groups (broad SMARTS) is 5. The molecule has 51 heteroatoms. The first-order chi connectivity index (χ1) is 58.5. The molecule has 0 saturated heterocycles. The fourth-order valence-electron chi connectivity index (χ4n) is 8.91. The van der Waals surface area contributed by atoms with Crippen LogP contribution in [0.1, 0.15) is 141 Å². The van der Waals surface area contributed by atoms with Gasteiger partial charge in [-0.05, 0) is 150 Å². The summed E-state index contributed by atoms with van der Waals surface area (Å²) in [6.45, 7) is 10.2.